The number of aromatic nitrogens is 1. The van der Waals surface area contributed by atoms with Gasteiger partial charge >= 0.3 is 5.97 Å². The molecule has 0 bridgehead atoms. The van der Waals surface area contributed by atoms with Crippen LogP contribution in [0.2, 0.25) is 0 Å². The van der Waals surface area contributed by atoms with Crippen molar-refractivity contribution in [1.29, 1.82) is 0 Å². The van der Waals surface area contributed by atoms with Crippen LogP contribution in [0.25, 0.3) is 10.9 Å². The maximum Gasteiger partial charge on any atom is 0.341 e. The molecule has 27 heavy (non-hydrogen) atoms. The van der Waals surface area contributed by atoms with Crippen LogP contribution in [0.4, 0.5) is 25.8 Å². The van der Waals surface area contributed by atoms with E-state index in [-0.39, 0.29) is 22.8 Å². The quantitative estimate of drug-likeness (QED) is 0.609. The second-order valence-electron chi connectivity index (χ2n) is 6.49. The van der Waals surface area contributed by atoms with E-state index >= 15 is 0 Å². The molecule has 0 unspecified atom stereocenters. The highest BCUT2D eigenvalue weighted by Crippen LogP contribution is 2.41. The Morgan fingerprint density at radius 1 is 1.22 bits per heavy atom. The van der Waals surface area contributed by atoms with E-state index in [0.29, 0.717) is 11.2 Å². The van der Waals surface area contributed by atoms with Gasteiger partial charge in [0.05, 0.1) is 16.6 Å². The SMILES string of the molecule is Nc1c(Nc2ccc(F)cc2)c(F)cc2c(=O)c(C(=O)O)cn(C3CC3)c12. The van der Waals surface area contributed by atoms with Crippen molar-refractivity contribution in [2.24, 2.45) is 0 Å². The molecule has 4 rings (SSSR count). The number of rotatable bonds is 4. The number of nitrogens with one attached hydrogen (secondary N) is 1. The van der Waals surface area contributed by atoms with E-state index in [0.717, 1.165) is 18.9 Å². The number of hydrogen-bond donors (Lipinski definition) is 3. The minimum atomic E-state index is -1.37. The van der Waals surface area contributed by atoms with Gasteiger partial charge in [0.2, 0.25) is 5.43 Å². The van der Waals surface area contributed by atoms with E-state index < -0.39 is 28.6 Å². The second-order valence-corrected chi connectivity index (χ2v) is 6.49. The first-order valence-electron chi connectivity index (χ1n) is 8.29. The van der Waals surface area contributed by atoms with E-state index in [9.17, 15) is 23.5 Å². The van der Waals surface area contributed by atoms with Crippen LogP contribution in [0.15, 0.2) is 41.3 Å². The van der Waals surface area contributed by atoms with Gasteiger partial charge in [-0.15, -0.1) is 0 Å². The monoisotopic (exact) mass is 371 g/mol. The fourth-order valence-corrected chi connectivity index (χ4v) is 3.12. The number of nitrogens with zero attached hydrogens (tertiary/aromatic N) is 1. The zero-order valence-corrected chi connectivity index (χ0v) is 14.0. The normalized spacial score (nSPS) is 13.7. The van der Waals surface area contributed by atoms with Gasteiger partial charge in [-0.2, -0.15) is 0 Å². The van der Waals surface area contributed by atoms with E-state index in [2.05, 4.69) is 5.32 Å². The molecule has 0 saturated heterocycles. The molecule has 0 aliphatic heterocycles. The summed E-state index contributed by atoms with van der Waals surface area (Å²) in [7, 11) is 0. The third-order valence-corrected chi connectivity index (χ3v) is 4.59. The molecule has 1 aliphatic rings. The predicted molar refractivity (Wildman–Crippen MR) is 97.5 cm³/mol. The lowest BCUT2D eigenvalue weighted by atomic mass is 10.1. The number of aromatic carboxylic acids is 1. The number of carboxylic acids is 1. The molecular formula is C19H15F2N3O3. The lowest BCUT2D eigenvalue weighted by Crippen LogP contribution is -2.20. The predicted octanol–water partition coefficient (Wildman–Crippen LogP) is 3.64. The number of benzene rings is 2. The maximum absolute atomic E-state index is 14.7. The molecule has 8 heteroatoms. The molecule has 1 fully saturated rings. The molecule has 138 valence electrons. The van der Waals surface area contributed by atoms with Gasteiger partial charge in [0, 0.05) is 17.9 Å². The molecule has 0 radical (unpaired) electrons. The number of carbonyl (C=O) groups is 1. The Bertz CT molecular complexity index is 1140. The molecule has 1 heterocycles. The first kappa shape index (κ1) is 17.0. The second kappa shape index (κ2) is 6.08. The molecule has 1 saturated carbocycles. The van der Waals surface area contributed by atoms with Crippen LogP contribution in [-0.2, 0) is 0 Å². The lowest BCUT2D eigenvalue weighted by Gasteiger charge is -2.17. The summed E-state index contributed by atoms with van der Waals surface area (Å²) < 4.78 is 29.4. The Balaban J connectivity index is 1.96. The van der Waals surface area contributed by atoms with E-state index in [1.54, 1.807) is 4.57 Å². The Morgan fingerprint density at radius 3 is 2.48 bits per heavy atom. The van der Waals surface area contributed by atoms with Crippen molar-refractivity contribution in [3.05, 3.63) is 63.9 Å². The number of halogens is 2. The molecule has 1 aromatic heterocycles. The Morgan fingerprint density at radius 2 is 1.89 bits per heavy atom. The Hall–Kier alpha value is -3.42. The van der Waals surface area contributed by atoms with Crippen LogP contribution >= 0.6 is 0 Å². The van der Waals surface area contributed by atoms with E-state index in [1.807, 2.05) is 0 Å². The summed E-state index contributed by atoms with van der Waals surface area (Å²) in [4.78, 5) is 23.9. The van der Waals surface area contributed by atoms with Gasteiger partial charge in [0.25, 0.3) is 0 Å². The van der Waals surface area contributed by atoms with Crippen molar-refractivity contribution in [1.82, 2.24) is 4.57 Å². The highest BCUT2D eigenvalue weighted by atomic mass is 19.1. The van der Waals surface area contributed by atoms with Gasteiger partial charge in [-0.3, -0.25) is 4.79 Å². The van der Waals surface area contributed by atoms with Crippen molar-refractivity contribution in [3.8, 4) is 0 Å². The Kier molecular flexibility index (Phi) is 3.83. The van der Waals surface area contributed by atoms with Crippen LogP contribution in [0.1, 0.15) is 29.2 Å². The minimum absolute atomic E-state index is 0.00439. The van der Waals surface area contributed by atoms with Crippen LogP contribution in [0.3, 0.4) is 0 Å². The lowest BCUT2D eigenvalue weighted by molar-refractivity contribution is 0.0695. The number of nitrogen functional groups attached to an aromatic ring is 1. The van der Waals surface area contributed by atoms with Crippen LogP contribution in [-0.4, -0.2) is 15.6 Å². The van der Waals surface area contributed by atoms with Crippen molar-refractivity contribution >= 4 is 33.9 Å². The molecule has 3 aromatic rings. The van der Waals surface area contributed by atoms with Gasteiger partial charge in [-0.05, 0) is 43.2 Å². The number of nitrogens with two attached hydrogens (primary N) is 1. The van der Waals surface area contributed by atoms with Crippen molar-refractivity contribution in [2.45, 2.75) is 18.9 Å². The van der Waals surface area contributed by atoms with Crippen LogP contribution in [0, 0.1) is 11.6 Å². The highest BCUT2D eigenvalue weighted by molar-refractivity contribution is 6.01. The molecule has 0 amide bonds. The van der Waals surface area contributed by atoms with Crippen molar-refractivity contribution in [2.75, 3.05) is 11.1 Å². The first-order valence-corrected chi connectivity index (χ1v) is 8.29. The fourth-order valence-electron chi connectivity index (χ4n) is 3.12. The molecule has 2 aromatic carbocycles. The summed E-state index contributed by atoms with van der Waals surface area (Å²) in [6.07, 6.45) is 2.89. The summed E-state index contributed by atoms with van der Waals surface area (Å²) in [5.41, 5.74) is 5.62. The molecule has 6 nitrogen and oxygen atoms in total. The van der Waals surface area contributed by atoms with Gasteiger partial charge in [-0.25, -0.2) is 13.6 Å². The van der Waals surface area contributed by atoms with Crippen molar-refractivity contribution < 1.29 is 18.7 Å². The smallest absolute Gasteiger partial charge is 0.341 e. The van der Waals surface area contributed by atoms with Gasteiger partial charge in [0.1, 0.15) is 22.9 Å². The average Bonchev–Trinajstić information content (AvgIpc) is 3.46. The summed E-state index contributed by atoms with van der Waals surface area (Å²) in [6.45, 7) is 0. The zero-order chi connectivity index (χ0) is 19.3. The standard InChI is InChI=1S/C19H15F2N3O3/c20-9-1-3-10(4-2-9)23-16-14(21)7-12-17(15(16)22)24(11-5-6-11)8-13(18(12)25)19(26)27/h1-4,7-8,11,23H,5-6,22H2,(H,26,27). The molecule has 0 spiro atoms. The molecule has 4 N–H and O–H groups in total. The topological polar surface area (TPSA) is 97.3 Å². The summed E-state index contributed by atoms with van der Waals surface area (Å²) in [5, 5.41) is 12.0. The highest BCUT2D eigenvalue weighted by Gasteiger charge is 2.29. The summed E-state index contributed by atoms with van der Waals surface area (Å²) >= 11 is 0. The first-order chi connectivity index (χ1) is 12.9. The number of anilines is 3. The molecular weight excluding hydrogens is 356 g/mol. The molecule has 0 atom stereocenters. The zero-order valence-electron chi connectivity index (χ0n) is 14.0. The van der Waals surface area contributed by atoms with Crippen LogP contribution in [0.5, 0.6) is 0 Å². The summed E-state index contributed by atoms with van der Waals surface area (Å²) in [5.74, 6) is -2.61. The number of hydrogen-bond acceptors (Lipinski definition) is 4. The maximum atomic E-state index is 14.7. The van der Waals surface area contributed by atoms with Crippen LogP contribution < -0.4 is 16.5 Å². The molecule has 1 aliphatic carbocycles. The number of pyridine rings is 1. The largest absolute Gasteiger partial charge is 0.477 e. The van der Waals surface area contributed by atoms with Crippen molar-refractivity contribution in [3.63, 3.8) is 0 Å². The van der Waals surface area contributed by atoms with Gasteiger partial charge in [0.15, 0.2) is 0 Å². The number of fused-ring (bicyclic) bond motifs is 1. The minimum Gasteiger partial charge on any atom is -0.477 e. The fraction of sp³-hybridized carbons (Fsp3) is 0.158. The van der Waals surface area contributed by atoms with E-state index in [4.69, 9.17) is 5.73 Å². The van der Waals surface area contributed by atoms with E-state index in [1.165, 1.54) is 30.5 Å². The van der Waals surface area contributed by atoms with Gasteiger partial charge in [-0.1, -0.05) is 0 Å². The number of carboxylic acid groups (broad SMARTS) is 1. The summed E-state index contributed by atoms with van der Waals surface area (Å²) in [6, 6.07) is 6.30. The third kappa shape index (κ3) is 2.88. The Labute approximate surface area is 151 Å². The average molecular weight is 371 g/mol. The van der Waals surface area contributed by atoms with Gasteiger partial charge < -0.3 is 20.7 Å². The third-order valence-electron chi connectivity index (χ3n) is 4.59.